The average Bonchev–Trinajstić information content (AvgIpc) is 3.38. The van der Waals surface area contributed by atoms with Crippen LogP contribution >= 0.6 is 0 Å². The number of rotatable bonds is 8. The normalized spacial score (nSPS) is 15.3. The molecular weight excluding hydrogens is 490 g/mol. The van der Waals surface area contributed by atoms with Gasteiger partial charge in [-0.15, -0.1) is 0 Å². The van der Waals surface area contributed by atoms with Crippen molar-refractivity contribution in [3.05, 3.63) is 54.4 Å². The van der Waals surface area contributed by atoms with Crippen molar-refractivity contribution in [2.75, 3.05) is 10.3 Å². The number of aromatic nitrogens is 2. The molecule has 0 bridgehead atoms. The smallest absolute Gasteiger partial charge is 0.303 e. The molecular formula is C27H31N5O6. The van der Waals surface area contributed by atoms with Crippen molar-refractivity contribution in [1.82, 2.24) is 9.97 Å². The second-order valence-electron chi connectivity index (χ2n) is 9.32. The first-order valence-corrected chi connectivity index (χ1v) is 12.5. The number of nitrogens with zero attached hydrogens (tertiary/aromatic N) is 2. The van der Waals surface area contributed by atoms with Gasteiger partial charge in [0.15, 0.2) is 0 Å². The zero-order valence-electron chi connectivity index (χ0n) is 21.3. The minimum Gasteiger partial charge on any atom is -0.448 e. The molecule has 0 aliphatic heterocycles. The molecule has 2 amide bonds. The van der Waals surface area contributed by atoms with Crippen LogP contribution in [0.4, 0.5) is 11.4 Å². The summed E-state index contributed by atoms with van der Waals surface area (Å²) in [6.07, 6.45) is 3.79. The topological polar surface area (TPSA) is 157 Å². The lowest BCUT2D eigenvalue weighted by Gasteiger charge is -2.28. The molecule has 38 heavy (non-hydrogen) atoms. The van der Waals surface area contributed by atoms with Crippen molar-refractivity contribution in [3.8, 4) is 0 Å². The van der Waals surface area contributed by atoms with Gasteiger partial charge in [0, 0.05) is 19.5 Å². The lowest BCUT2D eigenvalue weighted by Crippen LogP contribution is -2.54. The van der Waals surface area contributed by atoms with Gasteiger partial charge in [-0.3, -0.25) is 19.2 Å². The van der Waals surface area contributed by atoms with Crippen LogP contribution in [-0.4, -0.2) is 45.9 Å². The zero-order valence-corrected chi connectivity index (χ0v) is 21.3. The largest absolute Gasteiger partial charge is 0.448 e. The van der Waals surface area contributed by atoms with Crippen LogP contribution in [0.5, 0.6) is 0 Å². The number of aromatic amines is 1. The molecule has 2 unspecified atom stereocenters. The molecule has 0 radical (unpaired) electrons. The fourth-order valence-electron chi connectivity index (χ4n) is 4.68. The molecule has 1 aromatic heterocycles. The predicted octanol–water partition coefficient (Wildman–Crippen LogP) is 3.32. The van der Waals surface area contributed by atoms with Crippen molar-refractivity contribution in [2.45, 2.75) is 64.1 Å². The Morgan fingerprint density at radius 2 is 1.63 bits per heavy atom. The van der Waals surface area contributed by atoms with Crippen LogP contribution < -0.4 is 16.2 Å². The summed E-state index contributed by atoms with van der Waals surface area (Å²) in [5, 5.41) is 3.39. The number of fused-ring (bicyclic) bond motifs is 1. The number of H-pyrrole nitrogens is 1. The minimum atomic E-state index is -1.83. The molecule has 1 aliphatic rings. The quantitative estimate of drug-likeness (QED) is 0.176. The number of nitrogens with one attached hydrogen (secondary N) is 2. The van der Waals surface area contributed by atoms with Crippen LogP contribution in [0.25, 0.3) is 11.0 Å². The highest BCUT2D eigenvalue weighted by Crippen LogP contribution is 2.33. The molecule has 1 heterocycles. The maximum atomic E-state index is 13.4. The van der Waals surface area contributed by atoms with Gasteiger partial charge in [-0.1, -0.05) is 31.4 Å². The molecule has 4 N–H and O–H groups in total. The number of nitrogens with two attached hydrogens (primary N) is 1. The number of carbonyl (C=O) groups is 4. The monoisotopic (exact) mass is 521 g/mol. The van der Waals surface area contributed by atoms with E-state index in [-0.39, 0.29) is 5.69 Å². The van der Waals surface area contributed by atoms with Gasteiger partial charge in [-0.05, 0) is 54.7 Å². The van der Waals surface area contributed by atoms with Gasteiger partial charge in [0.25, 0.3) is 11.8 Å². The van der Waals surface area contributed by atoms with Crippen molar-refractivity contribution in [3.63, 3.8) is 0 Å². The van der Waals surface area contributed by atoms with Gasteiger partial charge in [0.05, 0.1) is 23.0 Å². The van der Waals surface area contributed by atoms with E-state index < -0.39 is 36.0 Å². The van der Waals surface area contributed by atoms with Gasteiger partial charge < -0.3 is 19.8 Å². The second-order valence-corrected chi connectivity index (χ2v) is 9.32. The van der Waals surface area contributed by atoms with Crippen molar-refractivity contribution in [1.29, 1.82) is 0 Å². The van der Waals surface area contributed by atoms with E-state index in [1.54, 1.807) is 30.3 Å². The van der Waals surface area contributed by atoms with Crippen molar-refractivity contribution in [2.24, 2.45) is 5.84 Å². The van der Waals surface area contributed by atoms with Gasteiger partial charge >= 0.3 is 11.9 Å². The van der Waals surface area contributed by atoms with Crippen LogP contribution in [0.3, 0.4) is 0 Å². The maximum absolute atomic E-state index is 13.4. The van der Waals surface area contributed by atoms with Crippen LogP contribution in [0.15, 0.2) is 48.8 Å². The summed E-state index contributed by atoms with van der Waals surface area (Å²) in [6.45, 7) is 2.16. The SMILES string of the molecule is CC(=O)OC(C(=O)Nc1ccc(C2CCCCC2)cc1)C(OC(C)=O)C(=O)N(N)c1ccc2nc[nH]c2c1. The molecule has 1 aliphatic carbocycles. The Morgan fingerprint density at radius 3 is 2.29 bits per heavy atom. The number of amides is 2. The number of hydrazine groups is 1. The summed E-state index contributed by atoms with van der Waals surface area (Å²) in [5.74, 6) is 3.05. The molecule has 11 nitrogen and oxygen atoms in total. The first-order chi connectivity index (χ1) is 18.2. The zero-order chi connectivity index (χ0) is 27.2. The fraction of sp³-hybridized carbons (Fsp3) is 0.370. The van der Waals surface area contributed by atoms with Gasteiger partial charge in [0.1, 0.15) is 0 Å². The van der Waals surface area contributed by atoms with Crippen molar-refractivity contribution >= 4 is 46.2 Å². The Bertz CT molecular complexity index is 1310. The highest BCUT2D eigenvalue weighted by molar-refractivity contribution is 6.04. The molecule has 1 fully saturated rings. The number of ether oxygens (including phenoxy) is 2. The third-order valence-electron chi connectivity index (χ3n) is 6.54. The Morgan fingerprint density at radius 1 is 0.974 bits per heavy atom. The summed E-state index contributed by atoms with van der Waals surface area (Å²) in [6, 6.07) is 12.2. The van der Waals surface area contributed by atoms with Crippen LogP contribution in [0, 0.1) is 0 Å². The molecule has 4 rings (SSSR count). The number of imidazole rings is 1. The van der Waals surface area contributed by atoms with E-state index in [9.17, 15) is 19.2 Å². The number of hydrogen-bond donors (Lipinski definition) is 3. The summed E-state index contributed by atoms with van der Waals surface area (Å²) in [7, 11) is 0. The first-order valence-electron chi connectivity index (χ1n) is 12.5. The number of anilines is 2. The minimum absolute atomic E-state index is 0.240. The number of hydrogen-bond acceptors (Lipinski definition) is 8. The number of carbonyl (C=O) groups excluding carboxylic acids is 4. The molecule has 0 saturated heterocycles. The molecule has 2 atom stereocenters. The second kappa shape index (κ2) is 11.9. The third kappa shape index (κ3) is 6.35. The molecule has 0 spiro atoms. The maximum Gasteiger partial charge on any atom is 0.303 e. The van der Waals surface area contributed by atoms with Crippen molar-refractivity contribution < 1.29 is 28.7 Å². The Labute approximate surface area is 219 Å². The van der Waals surface area contributed by atoms with E-state index >= 15 is 0 Å². The Hall–Kier alpha value is -4.25. The highest BCUT2D eigenvalue weighted by atomic mass is 16.6. The molecule has 11 heteroatoms. The van der Waals surface area contributed by atoms with Crippen LogP contribution in [-0.2, 0) is 28.7 Å². The van der Waals surface area contributed by atoms with Gasteiger partial charge in [-0.25, -0.2) is 15.8 Å². The van der Waals surface area contributed by atoms with E-state index in [1.165, 1.54) is 31.2 Å². The summed E-state index contributed by atoms with van der Waals surface area (Å²) in [4.78, 5) is 57.4. The van der Waals surface area contributed by atoms with E-state index in [1.807, 2.05) is 12.1 Å². The van der Waals surface area contributed by atoms with E-state index in [0.717, 1.165) is 31.7 Å². The van der Waals surface area contributed by atoms with Crippen LogP contribution in [0.1, 0.15) is 57.4 Å². The summed E-state index contributed by atoms with van der Waals surface area (Å²) in [5.41, 5.74) is 3.14. The van der Waals surface area contributed by atoms with Gasteiger partial charge in [-0.2, -0.15) is 0 Å². The summed E-state index contributed by atoms with van der Waals surface area (Å²) >= 11 is 0. The molecule has 200 valence electrons. The van der Waals surface area contributed by atoms with Gasteiger partial charge in [0.2, 0.25) is 12.2 Å². The first kappa shape index (κ1) is 26.8. The molecule has 2 aromatic carbocycles. The Kier molecular flexibility index (Phi) is 8.37. The summed E-state index contributed by atoms with van der Waals surface area (Å²) < 4.78 is 10.4. The Balaban J connectivity index is 1.55. The number of benzene rings is 2. The van der Waals surface area contributed by atoms with E-state index in [2.05, 4.69) is 15.3 Å². The average molecular weight is 522 g/mol. The highest BCUT2D eigenvalue weighted by Gasteiger charge is 2.41. The van der Waals surface area contributed by atoms with Crippen LogP contribution in [0.2, 0.25) is 0 Å². The number of esters is 2. The third-order valence-corrected chi connectivity index (χ3v) is 6.54. The molecule has 3 aromatic rings. The molecule has 1 saturated carbocycles. The standard InChI is InChI=1S/C27H31N5O6/c1-16(33)37-24(26(35)31-20-10-8-19(9-11-20)18-6-4-3-5-7-18)25(38-17(2)34)27(36)32(28)21-12-13-22-23(14-21)30-15-29-22/h8-15,18,24-25H,3-7,28H2,1-2H3,(H,29,30)(H,31,35). The lowest BCUT2D eigenvalue weighted by atomic mass is 9.84. The van der Waals surface area contributed by atoms with E-state index in [0.29, 0.717) is 22.6 Å². The predicted molar refractivity (Wildman–Crippen MR) is 140 cm³/mol. The van der Waals surface area contributed by atoms with E-state index in [4.69, 9.17) is 15.3 Å². The lowest BCUT2D eigenvalue weighted by molar-refractivity contribution is -0.172. The fourth-order valence-corrected chi connectivity index (χ4v) is 4.68.